The minimum absolute atomic E-state index is 0.0524. The van der Waals surface area contributed by atoms with Gasteiger partial charge in [-0.15, -0.1) is 0 Å². The summed E-state index contributed by atoms with van der Waals surface area (Å²) in [4.78, 5) is 47.8. The van der Waals surface area contributed by atoms with Gasteiger partial charge in [-0.2, -0.15) is 0 Å². The van der Waals surface area contributed by atoms with Crippen LogP contribution < -0.4 is 16.0 Å². The van der Waals surface area contributed by atoms with Crippen LogP contribution in [0.2, 0.25) is 0 Å². The molecule has 1 heterocycles. The largest absolute Gasteiger partial charge is 0.467 e. The molecule has 3 rings (SSSR count). The summed E-state index contributed by atoms with van der Waals surface area (Å²) in [5.74, 6) is -1.03. The first-order chi connectivity index (χ1) is 15.3. The Morgan fingerprint density at radius 2 is 1.81 bits per heavy atom. The quantitative estimate of drug-likeness (QED) is 0.366. The third-order valence-electron chi connectivity index (χ3n) is 4.49. The molecule has 2 aromatic carbocycles. The molecule has 0 aliphatic rings. The van der Waals surface area contributed by atoms with E-state index in [1.165, 1.54) is 31.4 Å². The van der Waals surface area contributed by atoms with Crippen molar-refractivity contribution < 1.29 is 23.7 Å². The lowest BCUT2D eigenvalue weighted by Crippen LogP contribution is -2.41. The van der Waals surface area contributed by atoms with Gasteiger partial charge in [0, 0.05) is 17.7 Å². The topological polar surface area (TPSA) is 144 Å². The molecule has 3 aromatic rings. The molecule has 3 amide bonds. The highest BCUT2D eigenvalue weighted by Crippen LogP contribution is 2.16. The Balaban J connectivity index is 1.64. The van der Waals surface area contributed by atoms with Gasteiger partial charge in [0.2, 0.25) is 5.91 Å². The predicted molar refractivity (Wildman–Crippen MR) is 115 cm³/mol. The van der Waals surface area contributed by atoms with Crippen LogP contribution in [0.15, 0.2) is 71.3 Å². The second kappa shape index (κ2) is 10.0. The number of non-ortho nitro benzene ring substituents is 1. The number of rotatable bonds is 8. The Bertz CT molecular complexity index is 1140. The summed E-state index contributed by atoms with van der Waals surface area (Å²) in [6.45, 7) is 1.65. The van der Waals surface area contributed by atoms with Crippen molar-refractivity contribution in [1.29, 1.82) is 0 Å². The van der Waals surface area contributed by atoms with Crippen molar-refractivity contribution in [3.63, 3.8) is 0 Å². The number of carbonyl (C=O) groups excluding carboxylic acids is 3. The molecule has 0 saturated carbocycles. The number of nitrogens with one attached hydrogen (secondary N) is 3. The van der Waals surface area contributed by atoms with Gasteiger partial charge in [-0.05, 0) is 37.3 Å². The van der Waals surface area contributed by atoms with Gasteiger partial charge < -0.3 is 20.4 Å². The molecule has 1 unspecified atom stereocenters. The predicted octanol–water partition coefficient (Wildman–Crippen LogP) is 2.87. The van der Waals surface area contributed by atoms with E-state index >= 15 is 0 Å². The lowest BCUT2D eigenvalue weighted by molar-refractivity contribution is -0.384. The summed E-state index contributed by atoms with van der Waals surface area (Å²) in [7, 11) is 0. The summed E-state index contributed by atoms with van der Waals surface area (Å²) in [5, 5.41) is 18.7. The minimum atomic E-state index is -0.971. The van der Waals surface area contributed by atoms with Gasteiger partial charge >= 0.3 is 0 Å². The molecular weight excluding hydrogens is 416 g/mol. The van der Waals surface area contributed by atoms with Gasteiger partial charge in [-0.25, -0.2) is 0 Å². The number of nitro benzene ring substituents is 1. The van der Waals surface area contributed by atoms with E-state index in [-0.39, 0.29) is 29.0 Å². The van der Waals surface area contributed by atoms with Crippen molar-refractivity contribution in [2.75, 3.05) is 5.32 Å². The van der Waals surface area contributed by atoms with Crippen LogP contribution in [-0.4, -0.2) is 28.7 Å². The number of hydrogen-bond acceptors (Lipinski definition) is 6. The van der Waals surface area contributed by atoms with E-state index in [0.717, 1.165) is 6.07 Å². The SMILES string of the molecule is CC(NC(=O)c1cccc([N+](=O)[O-])c1)C(=O)Nc1ccccc1C(=O)NCc1ccco1. The van der Waals surface area contributed by atoms with Crippen molar-refractivity contribution in [3.8, 4) is 0 Å². The Morgan fingerprint density at radius 3 is 2.53 bits per heavy atom. The fourth-order valence-corrected chi connectivity index (χ4v) is 2.81. The number of nitro groups is 1. The fourth-order valence-electron chi connectivity index (χ4n) is 2.81. The van der Waals surface area contributed by atoms with E-state index in [2.05, 4.69) is 16.0 Å². The van der Waals surface area contributed by atoms with E-state index in [1.807, 2.05) is 0 Å². The molecule has 0 spiro atoms. The lowest BCUT2D eigenvalue weighted by Gasteiger charge is -2.16. The van der Waals surface area contributed by atoms with E-state index in [9.17, 15) is 24.5 Å². The summed E-state index contributed by atoms with van der Waals surface area (Å²) in [5.41, 5.74) is 0.330. The van der Waals surface area contributed by atoms with Crippen molar-refractivity contribution in [3.05, 3.63) is 93.9 Å². The van der Waals surface area contributed by atoms with Gasteiger partial charge in [0.25, 0.3) is 17.5 Å². The average molecular weight is 436 g/mol. The standard InChI is InChI=1S/C22H20N4O6/c1-14(24-21(28)15-6-4-7-16(12-15)26(30)31)20(27)25-19-10-3-2-9-18(19)22(29)23-13-17-8-5-11-32-17/h2-12,14H,13H2,1H3,(H,23,29)(H,24,28)(H,25,27). The van der Waals surface area contributed by atoms with Crippen LogP contribution in [0.5, 0.6) is 0 Å². The summed E-state index contributed by atoms with van der Waals surface area (Å²) < 4.78 is 5.18. The molecule has 0 fully saturated rings. The molecule has 0 radical (unpaired) electrons. The third kappa shape index (κ3) is 5.57. The first kappa shape index (κ1) is 22.2. The smallest absolute Gasteiger partial charge is 0.270 e. The van der Waals surface area contributed by atoms with Crippen LogP contribution in [0.4, 0.5) is 11.4 Å². The highest BCUT2D eigenvalue weighted by atomic mass is 16.6. The van der Waals surface area contributed by atoms with E-state index in [4.69, 9.17) is 4.42 Å². The van der Waals surface area contributed by atoms with Crippen LogP contribution >= 0.6 is 0 Å². The normalized spacial score (nSPS) is 11.3. The molecule has 1 aromatic heterocycles. The number of anilines is 1. The van der Waals surface area contributed by atoms with Crippen molar-refractivity contribution >= 4 is 29.1 Å². The number of benzene rings is 2. The number of nitrogens with zero attached hydrogens (tertiary/aromatic N) is 1. The Kier molecular flexibility index (Phi) is 6.96. The molecule has 0 bridgehead atoms. The first-order valence-corrected chi connectivity index (χ1v) is 9.61. The molecule has 32 heavy (non-hydrogen) atoms. The zero-order chi connectivity index (χ0) is 23.1. The van der Waals surface area contributed by atoms with Crippen LogP contribution in [0.1, 0.15) is 33.4 Å². The maximum atomic E-state index is 12.6. The van der Waals surface area contributed by atoms with Crippen molar-refractivity contribution in [2.24, 2.45) is 0 Å². The molecule has 10 nitrogen and oxygen atoms in total. The van der Waals surface area contributed by atoms with E-state index < -0.39 is 28.7 Å². The van der Waals surface area contributed by atoms with Crippen LogP contribution in [0.3, 0.4) is 0 Å². The number of amides is 3. The molecular formula is C22H20N4O6. The molecule has 0 aliphatic carbocycles. The zero-order valence-corrected chi connectivity index (χ0v) is 17.0. The summed E-state index contributed by atoms with van der Waals surface area (Å²) in [6.07, 6.45) is 1.50. The monoisotopic (exact) mass is 436 g/mol. The Labute approximate surface area is 182 Å². The van der Waals surface area contributed by atoms with E-state index in [1.54, 1.807) is 36.4 Å². The molecule has 0 aliphatic heterocycles. The maximum absolute atomic E-state index is 12.6. The molecule has 10 heteroatoms. The van der Waals surface area contributed by atoms with Gasteiger partial charge in [-0.1, -0.05) is 18.2 Å². The number of furan rings is 1. The van der Waals surface area contributed by atoms with E-state index in [0.29, 0.717) is 5.76 Å². The zero-order valence-electron chi connectivity index (χ0n) is 17.0. The molecule has 164 valence electrons. The summed E-state index contributed by atoms with van der Waals surface area (Å²) in [6, 6.07) is 14.1. The van der Waals surface area contributed by atoms with Crippen molar-refractivity contribution in [1.82, 2.24) is 10.6 Å². The van der Waals surface area contributed by atoms with Crippen LogP contribution in [0, 0.1) is 10.1 Å². The second-order valence-corrected chi connectivity index (χ2v) is 6.80. The maximum Gasteiger partial charge on any atom is 0.270 e. The molecule has 3 N–H and O–H groups in total. The highest BCUT2D eigenvalue weighted by molar-refractivity contribution is 6.06. The Morgan fingerprint density at radius 1 is 1.03 bits per heavy atom. The summed E-state index contributed by atoms with van der Waals surface area (Å²) >= 11 is 0. The number of carbonyl (C=O) groups is 3. The van der Waals surface area contributed by atoms with Gasteiger partial charge in [0.1, 0.15) is 11.8 Å². The van der Waals surface area contributed by atoms with Crippen LogP contribution in [-0.2, 0) is 11.3 Å². The van der Waals surface area contributed by atoms with Gasteiger partial charge in [0.05, 0.1) is 29.0 Å². The molecule has 0 saturated heterocycles. The van der Waals surface area contributed by atoms with Crippen LogP contribution in [0.25, 0.3) is 0 Å². The Hall–Kier alpha value is -4.47. The average Bonchev–Trinajstić information content (AvgIpc) is 3.31. The fraction of sp³-hybridized carbons (Fsp3) is 0.136. The van der Waals surface area contributed by atoms with Gasteiger partial charge in [-0.3, -0.25) is 24.5 Å². The number of hydrogen-bond donors (Lipinski definition) is 3. The third-order valence-corrected chi connectivity index (χ3v) is 4.49. The first-order valence-electron chi connectivity index (χ1n) is 9.61. The number of para-hydroxylation sites is 1. The lowest BCUT2D eigenvalue weighted by atomic mass is 10.1. The van der Waals surface area contributed by atoms with Crippen molar-refractivity contribution in [2.45, 2.75) is 19.5 Å². The second-order valence-electron chi connectivity index (χ2n) is 6.80. The van der Waals surface area contributed by atoms with Gasteiger partial charge in [0.15, 0.2) is 0 Å². The highest BCUT2D eigenvalue weighted by Gasteiger charge is 2.20. The minimum Gasteiger partial charge on any atom is -0.467 e. The molecule has 1 atom stereocenters.